The zero-order valence-corrected chi connectivity index (χ0v) is 9.43. The number of para-hydroxylation sites is 1. The van der Waals surface area contributed by atoms with Gasteiger partial charge in [0.1, 0.15) is 6.04 Å². The third kappa shape index (κ3) is 2.00. The van der Waals surface area contributed by atoms with Crippen molar-refractivity contribution in [1.82, 2.24) is 4.90 Å². The summed E-state index contributed by atoms with van der Waals surface area (Å²) >= 11 is 0. The lowest BCUT2D eigenvalue weighted by Crippen LogP contribution is -2.42. The number of terminal acetylenes is 1. The lowest BCUT2D eigenvalue weighted by molar-refractivity contribution is -0.133. The van der Waals surface area contributed by atoms with Crippen LogP contribution < -0.4 is 5.32 Å². The lowest BCUT2D eigenvalue weighted by atomic mass is 10.1. The highest BCUT2D eigenvalue weighted by molar-refractivity contribution is 6.01. The highest BCUT2D eigenvalue weighted by Gasteiger charge is 2.29. The Balaban J connectivity index is 2.42. The number of fused-ring (bicyclic) bond motifs is 1. The van der Waals surface area contributed by atoms with Crippen LogP contribution in [0.1, 0.15) is 12.5 Å². The predicted octanol–water partition coefficient (Wildman–Crippen LogP) is 0.989. The van der Waals surface area contributed by atoms with E-state index >= 15 is 0 Å². The van der Waals surface area contributed by atoms with Crippen molar-refractivity contribution >= 4 is 17.5 Å². The van der Waals surface area contributed by atoms with Crippen LogP contribution in [0.5, 0.6) is 0 Å². The lowest BCUT2D eigenvalue weighted by Gasteiger charge is -2.23. The Morgan fingerprint density at radius 2 is 2.24 bits per heavy atom. The molecule has 0 bridgehead atoms. The number of benzene rings is 1. The van der Waals surface area contributed by atoms with Gasteiger partial charge in [-0.1, -0.05) is 18.2 Å². The minimum Gasteiger partial charge on any atom is -0.324 e. The SMILES string of the molecule is C#CC(=O)N1Cc2ccccc2NC(=O)C1C. The van der Waals surface area contributed by atoms with Crippen molar-refractivity contribution < 1.29 is 9.59 Å². The summed E-state index contributed by atoms with van der Waals surface area (Å²) in [7, 11) is 0. The molecule has 1 N–H and O–H groups in total. The molecule has 0 fully saturated rings. The second-order valence-corrected chi connectivity index (χ2v) is 3.90. The van der Waals surface area contributed by atoms with Crippen molar-refractivity contribution in [2.24, 2.45) is 0 Å². The van der Waals surface area contributed by atoms with Crippen molar-refractivity contribution in [3.63, 3.8) is 0 Å². The zero-order chi connectivity index (χ0) is 12.4. The van der Waals surface area contributed by atoms with Crippen molar-refractivity contribution in [1.29, 1.82) is 0 Å². The molecule has 0 aliphatic carbocycles. The van der Waals surface area contributed by atoms with E-state index in [1.807, 2.05) is 24.3 Å². The summed E-state index contributed by atoms with van der Waals surface area (Å²) in [5, 5.41) is 2.78. The van der Waals surface area contributed by atoms with Crippen LogP contribution in [0.2, 0.25) is 0 Å². The molecule has 1 heterocycles. The molecule has 0 radical (unpaired) electrons. The third-order valence-electron chi connectivity index (χ3n) is 2.85. The number of anilines is 1. The molecule has 4 nitrogen and oxygen atoms in total. The van der Waals surface area contributed by atoms with Crippen molar-refractivity contribution in [3.8, 4) is 12.3 Å². The number of carbonyl (C=O) groups is 2. The molecule has 1 aliphatic rings. The van der Waals surface area contributed by atoms with Gasteiger partial charge >= 0.3 is 0 Å². The first kappa shape index (κ1) is 11.2. The fraction of sp³-hybridized carbons (Fsp3) is 0.231. The number of hydrogen-bond donors (Lipinski definition) is 1. The van der Waals surface area contributed by atoms with Gasteiger partial charge in [-0.15, -0.1) is 6.42 Å². The van der Waals surface area contributed by atoms with Crippen molar-refractivity contribution in [2.75, 3.05) is 5.32 Å². The standard InChI is InChI=1S/C13H12N2O2/c1-3-12(16)15-8-10-6-4-5-7-11(10)14-13(17)9(15)2/h1,4-7,9H,8H2,2H3,(H,14,17). The minimum atomic E-state index is -0.564. The Kier molecular flexibility index (Phi) is 2.84. The average molecular weight is 228 g/mol. The van der Waals surface area contributed by atoms with Crippen LogP contribution in [0.15, 0.2) is 24.3 Å². The Hall–Kier alpha value is -2.28. The second-order valence-electron chi connectivity index (χ2n) is 3.90. The summed E-state index contributed by atoms with van der Waals surface area (Å²) in [6, 6.07) is 6.81. The van der Waals surface area contributed by atoms with Gasteiger partial charge in [-0.2, -0.15) is 0 Å². The van der Waals surface area contributed by atoms with E-state index in [1.54, 1.807) is 6.92 Å². The topological polar surface area (TPSA) is 49.4 Å². The molecular weight excluding hydrogens is 216 g/mol. The quantitative estimate of drug-likeness (QED) is 0.673. The molecule has 0 saturated heterocycles. The van der Waals surface area contributed by atoms with Gasteiger partial charge in [0.2, 0.25) is 5.91 Å². The van der Waals surface area contributed by atoms with E-state index in [0.29, 0.717) is 6.54 Å². The molecule has 1 aromatic carbocycles. The van der Waals surface area contributed by atoms with Gasteiger partial charge in [0.25, 0.3) is 5.91 Å². The molecule has 4 heteroatoms. The molecule has 86 valence electrons. The monoisotopic (exact) mass is 228 g/mol. The number of hydrogen-bond acceptors (Lipinski definition) is 2. The molecule has 1 atom stereocenters. The maximum Gasteiger partial charge on any atom is 0.299 e. The van der Waals surface area contributed by atoms with E-state index in [2.05, 4.69) is 11.2 Å². The number of nitrogens with zero attached hydrogens (tertiary/aromatic N) is 1. The number of nitrogens with one attached hydrogen (secondary N) is 1. The van der Waals surface area contributed by atoms with Crippen LogP contribution in [-0.2, 0) is 16.1 Å². The van der Waals surface area contributed by atoms with Gasteiger partial charge in [-0.25, -0.2) is 0 Å². The van der Waals surface area contributed by atoms with E-state index in [4.69, 9.17) is 6.42 Å². The average Bonchev–Trinajstić information content (AvgIpc) is 2.47. The van der Waals surface area contributed by atoms with Gasteiger partial charge in [-0.3, -0.25) is 9.59 Å². The maximum atomic E-state index is 11.8. The summed E-state index contributed by atoms with van der Waals surface area (Å²) in [4.78, 5) is 24.8. The van der Waals surface area contributed by atoms with Gasteiger partial charge in [0.15, 0.2) is 0 Å². The number of rotatable bonds is 0. The van der Waals surface area contributed by atoms with Crippen LogP contribution in [0, 0.1) is 12.3 Å². The van der Waals surface area contributed by atoms with Crippen LogP contribution >= 0.6 is 0 Å². The van der Waals surface area contributed by atoms with Gasteiger partial charge in [-0.05, 0) is 24.5 Å². The molecule has 2 rings (SSSR count). The highest BCUT2D eigenvalue weighted by atomic mass is 16.2. The highest BCUT2D eigenvalue weighted by Crippen LogP contribution is 2.22. The summed E-state index contributed by atoms with van der Waals surface area (Å²) in [5.74, 6) is 1.36. The molecule has 0 saturated carbocycles. The first-order valence-corrected chi connectivity index (χ1v) is 5.29. The van der Waals surface area contributed by atoms with E-state index in [9.17, 15) is 9.59 Å². The van der Waals surface area contributed by atoms with Crippen LogP contribution in [0.3, 0.4) is 0 Å². The molecule has 0 aromatic heterocycles. The molecular formula is C13H12N2O2. The van der Waals surface area contributed by atoms with E-state index < -0.39 is 11.9 Å². The Morgan fingerprint density at radius 1 is 1.53 bits per heavy atom. The van der Waals surface area contributed by atoms with Crippen LogP contribution in [-0.4, -0.2) is 22.8 Å². The minimum absolute atomic E-state index is 0.224. The Morgan fingerprint density at radius 3 is 2.94 bits per heavy atom. The van der Waals surface area contributed by atoms with E-state index in [1.165, 1.54) is 4.90 Å². The zero-order valence-electron chi connectivity index (χ0n) is 9.43. The normalized spacial score (nSPS) is 18.7. The third-order valence-corrected chi connectivity index (χ3v) is 2.85. The Labute approximate surface area is 99.6 Å². The van der Waals surface area contributed by atoms with Gasteiger partial charge in [0.05, 0.1) is 0 Å². The second kappa shape index (κ2) is 4.30. The predicted molar refractivity (Wildman–Crippen MR) is 63.9 cm³/mol. The van der Waals surface area contributed by atoms with Crippen molar-refractivity contribution in [2.45, 2.75) is 19.5 Å². The smallest absolute Gasteiger partial charge is 0.299 e. The summed E-state index contributed by atoms with van der Waals surface area (Å²) < 4.78 is 0. The number of carbonyl (C=O) groups excluding carboxylic acids is 2. The molecule has 1 unspecified atom stereocenters. The molecule has 1 aromatic rings. The fourth-order valence-corrected chi connectivity index (χ4v) is 1.81. The largest absolute Gasteiger partial charge is 0.324 e. The Bertz CT molecular complexity index is 516. The number of amides is 2. The first-order valence-electron chi connectivity index (χ1n) is 5.29. The summed E-state index contributed by atoms with van der Waals surface area (Å²) in [6.07, 6.45) is 5.11. The van der Waals surface area contributed by atoms with E-state index in [0.717, 1.165) is 11.3 Å². The molecule has 0 spiro atoms. The molecule has 2 amide bonds. The van der Waals surface area contributed by atoms with Gasteiger partial charge in [0, 0.05) is 12.2 Å². The molecule has 17 heavy (non-hydrogen) atoms. The fourth-order valence-electron chi connectivity index (χ4n) is 1.81. The maximum absolute atomic E-state index is 11.8. The summed E-state index contributed by atoms with van der Waals surface area (Å²) in [6.45, 7) is 2.01. The summed E-state index contributed by atoms with van der Waals surface area (Å²) in [5.41, 5.74) is 1.62. The van der Waals surface area contributed by atoms with Crippen LogP contribution in [0.25, 0.3) is 0 Å². The van der Waals surface area contributed by atoms with Crippen molar-refractivity contribution in [3.05, 3.63) is 29.8 Å². The van der Waals surface area contributed by atoms with Gasteiger partial charge < -0.3 is 10.2 Å². The molecule has 1 aliphatic heterocycles. The van der Waals surface area contributed by atoms with E-state index in [-0.39, 0.29) is 5.91 Å². The first-order chi connectivity index (χ1) is 8.13. The van der Waals surface area contributed by atoms with Crippen LogP contribution in [0.4, 0.5) is 5.69 Å².